The number of aromatic nitrogens is 1. The SMILES string of the molecule is CCC(=O)O[C@]1(CF)OC(=O)C[C@@H]1CC(=O)[C@]1(C(C)C)CC(c2nccc3ccccc23)=NO1. The van der Waals surface area contributed by atoms with E-state index in [1.807, 2.05) is 44.2 Å². The molecule has 0 saturated carbocycles. The topological polar surface area (TPSA) is 104 Å². The number of rotatable bonds is 8. The first-order chi connectivity index (χ1) is 16.2. The summed E-state index contributed by atoms with van der Waals surface area (Å²) in [5.74, 6) is -5.15. The number of hydrogen-bond acceptors (Lipinski definition) is 8. The third-order valence-corrected chi connectivity index (χ3v) is 6.62. The van der Waals surface area contributed by atoms with E-state index in [1.54, 1.807) is 13.1 Å². The van der Waals surface area contributed by atoms with E-state index in [-0.39, 0.29) is 37.4 Å². The number of cyclic esters (lactones) is 1. The number of fused-ring (bicyclic) bond motifs is 1. The molecule has 8 nitrogen and oxygen atoms in total. The van der Waals surface area contributed by atoms with E-state index in [0.717, 1.165) is 10.8 Å². The van der Waals surface area contributed by atoms with E-state index in [9.17, 15) is 18.8 Å². The Bertz CT molecular complexity index is 1160. The number of hydrogen-bond donors (Lipinski definition) is 0. The maximum atomic E-state index is 14.1. The summed E-state index contributed by atoms with van der Waals surface area (Å²) >= 11 is 0. The maximum Gasteiger partial charge on any atom is 0.309 e. The zero-order valence-corrected chi connectivity index (χ0v) is 19.4. The van der Waals surface area contributed by atoms with E-state index in [4.69, 9.17) is 14.3 Å². The number of pyridine rings is 1. The van der Waals surface area contributed by atoms with Crippen molar-refractivity contribution < 1.29 is 33.1 Å². The standard InChI is InChI=1S/C25H27FN2O6/c1-4-21(30)32-25(14-26)17(12-22(31)33-25)11-20(29)24(15(2)3)13-19(28-34-24)23-18-8-6-5-7-16(18)9-10-27-23/h5-10,15,17H,4,11-14H2,1-3H3/t17-,24+,25+/m0/s1. The molecule has 9 heteroatoms. The van der Waals surface area contributed by atoms with Gasteiger partial charge in [0.2, 0.25) is 5.60 Å². The number of nitrogens with zero attached hydrogens (tertiary/aromatic N) is 2. The van der Waals surface area contributed by atoms with E-state index in [1.165, 1.54) is 0 Å². The second-order valence-electron chi connectivity index (χ2n) is 9.01. The van der Waals surface area contributed by atoms with Gasteiger partial charge in [-0.2, -0.15) is 0 Å². The summed E-state index contributed by atoms with van der Waals surface area (Å²) in [6, 6.07) is 9.60. The Morgan fingerprint density at radius 2 is 2.03 bits per heavy atom. The normalized spacial score (nSPS) is 26.3. The van der Waals surface area contributed by atoms with Crippen molar-refractivity contribution in [1.82, 2.24) is 4.98 Å². The lowest BCUT2D eigenvalue weighted by atomic mass is 9.77. The van der Waals surface area contributed by atoms with Gasteiger partial charge in [0.25, 0.3) is 5.79 Å². The van der Waals surface area contributed by atoms with Crippen LogP contribution >= 0.6 is 0 Å². The molecule has 3 atom stereocenters. The van der Waals surface area contributed by atoms with Gasteiger partial charge in [0.15, 0.2) is 12.5 Å². The van der Waals surface area contributed by atoms with Gasteiger partial charge in [-0.25, -0.2) is 4.39 Å². The number of benzene rings is 1. The van der Waals surface area contributed by atoms with Gasteiger partial charge in [-0.1, -0.05) is 50.2 Å². The molecule has 0 bridgehead atoms. The minimum absolute atomic E-state index is 0.0196. The van der Waals surface area contributed by atoms with Crippen LogP contribution in [0.15, 0.2) is 41.7 Å². The molecule has 2 aromatic rings. The van der Waals surface area contributed by atoms with Gasteiger partial charge >= 0.3 is 11.9 Å². The van der Waals surface area contributed by atoms with Crippen molar-refractivity contribution in [1.29, 1.82) is 0 Å². The highest BCUT2D eigenvalue weighted by Gasteiger charge is 2.57. The monoisotopic (exact) mass is 470 g/mol. The molecule has 1 fully saturated rings. The zero-order chi connectivity index (χ0) is 24.5. The van der Waals surface area contributed by atoms with Crippen LogP contribution in [0.4, 0.5) is 4.39 Å². The second-order valence-corrected chi connectivity index (χ2v) is 9.01. The maximum absolute atomic E-state index is 14.1. The first kappa shape index (κ1) is 23.8. The third-order valence-electron chi connectivity index (χ3n) is 6.62. The number of esters is 2. The summed E-state index contributed by atoms with van der Waals surface area (Å²) in [5, 5.41) is 6.10. The highest BCUT2D eigenvalue weighted by Crippen LogP contribution is 2.42. The molecule has 0 aliphatic carbocycles. The number of alkyl halides is 1. The van der Waals surface area contributed by atoms with Gasteiger partial charge in [0, 0.05) is 36.8 Å². The summed E-state index contributed by atoms with van der Waals surface area (Å²) in [6.07, 6.45) is 1.32. The van der Waals surface area contributed by atoms with E-state index in [2.05, 4.69) is 10.1 Å². The Morgan fingerprint density at radius 3 is 2.74 bits per heavy atom. The highest BCUT2D eigenvalue weighted by atomic mass is 19.1. The van der Waals surface area contributed by atoms with Crippen LogP contribution in [0, 0.1) is 11.8 Å². The molecular weight excluding hydrogens is 443 g/mol. The van der Waals surface area contributed by atoms with Crippen molar-refractivity contribution >= 4 is 34.2 Å². The Kier molecular flexibility index (Phi) is 6.38. The predicted octanol–water partition coefficient (Wildman–Crippen LogP) is 3.90. The highest BCUT2D eigenvalue weighted by molar-refractivity contribution is 6.12. The molecule has 2 aliphatic rings. The summed E-state index contributed by atoms with van der Waals surface area (Å²) < 4.78 is 24.3. The Labute approximate surface area is 196 Å². The molecule has 4 rings (SSSR count). The summed E-state index contributed by atoms with van der Waals surface area (Å²) in [6.45, 7) is 3.98. The molecule has 0 radical (unpaired) electrons. The molecule has 0 unspecified atom stereocenters. The average Bonchev–Trinajstić information content (AvgIpc) is 3.41. The van der Waals surface area contributed by atoms with Crippen LogP contribution in [0.3, 0.4) is 0 Å². The van der Waals surface area contributed by atoms with Gasteiger partial charge in [-0.05, 0) is 11.5 Å². The predicted molar refractivity (Wildman–Crippen MR) is 120 cm³/mol. The number of ether oxygens (including phenoxy) is 2. The van der Waals surface area contributed by atoms with Crippen molar-refractivity contribution in [3.05, 3.63) is 42.2 Å². The van der Waals surface area contributed by atoms with Crippen LogP contribution < -0.4 is 0 Å². The van der Waals surface area contributed by atoms with E-state index in [0.29, 0.717) is 11.4 Å². The Balaban J connectivity index is 1.60. The zero-order valence-electron chi connectivity index (χ0n) is 19.4. The van der Waals surface area contributed by atoms with E-state index < -0.39 is 35.9 Å². The number of ketones is 1. The summed E-state index contributed by atoms with van der Waals surface area (Å²) in [7, 11) is 0. The fourth-order valence-corrected chi connectivity index (χ4v) is 4.54. The van der Waals surface area contributed by atoms with Crippen molar-refractivity contribution in [2.75, 3.05) is 6.67 Å². The first-order valence-electron chi connectivity index (χ1n) is 11.4. The van der Waals surface area contributed by atoms with E-state index >= 15 is 0 Å². The summed E-state index contributed by atoms with van der Waals surface area (Å²) in [4.78, 5) is 47.8. The first-order valence-corrected chi connectivity index (χ1v) is 11.4. The molecular formula is C25H27FN2O6. The van der Waals surface area contributed by atoms with Crippen LogP contribution in [-0.4, -0.2) is 46.5 Å². The van der Waals surface area contributed by atoms with Crippen molar-refractivity contribution in [2.45, 2.75) is 57.8 Å². The van der Waals surface area contributed by atoms with Crippen molar-refractivity contribution in [3.63, 3.8) is 0 Å². The van der Waals surface area contributed by atoms with Crippen LogP contribution in [0.2, 0.25) is 0 Å². The Morgan fingerprint density at radius 1 is 1.26 bits per heavy atom. The molecule has 0 spiro atoms. The van der Waals surface area contributed by atoms with Gasteiger partial charge in [0.05, 0.1) is 18.0 Å². The van der Waals surface area contributed by atoms with Gasteiger partial charge < -0.3 is 14.3 Å². The third kappa shape index (κ3) is 4.03. The number of oxime groups is 1. The number of Topliss-reactive ketones (excluding diaryl/α,β-unsaturated/α-hetero) is 1. The van der Waals surface area contributed by atoms with Gasteiger partial charge in [-0.3, -0.25) is 19.4 Å². The molecule has 2 aliphatic heterocycles. The van der Waals surface area contributed by atoms with Crippen LogP contribution in [-0.2, 0) is 28.7 Å². The molecule has 3 heterocycles. The molecule has 0 N–H and O–H groups in total. The second kappa shape index (κ2) is 9.12. The lowest BCUT2D eigenvalue weighted by Gasteiger charge is -2.33. The fourth-order valence-electron chi connectivity index (χ4n) is 4.54. The minimum atomic E-state index is -2.10. The lowest BCUT2D eigenvalue weighted by Crippen LogP contribution is -2.49. The van der Waals surface area contributed by atoms with Crippen molar-refractivity contribution in [3.8, 4) is 0 Å². The number of halogens is 1. The molecule has 1 aromatic heterocycles. The van der Waals surface area contributed by atoms with Crippen molar-refractivity contribution in [2.24, 2.45) is 17.0 Å². The molecule has 1 saturated heterocycles. The minimum Gasteiger partial charge on any atom is -0.419 e. The molecule has 0 amide bonds. The lowest BCUT2D eigenvalue weighted by molar-refractivity contribution is -0.232. The largest absolute Gasteiger partial charge is 0.419 e. The summed E-state index contributed by atoms with van der Waals surface area (Å²) in [5.41, 5.74) is -0.161. The van der Waals surface area contributed by atoms with Gasteiger partial charge in [0.1, 0.15) is 5.71 Å². The van der Waals surface area contributed by atoms with Crippen LogP contribution in [0.1, 0.15) is 52.1 Å². The van der Waals surface area contributed by atoms with Gasteiger partial charge in [-0.15, -0.1) is 0 Å². The quantitative estimate of drug-likeness (QED) is 0.539. The van der Waals surface area contributed by atoms with Crippen LogP contribution in [0.25, 0.3) is 10.8 Å². The Hall–Kier alpha value is -3.36. The molecule has 34 heavy (non-hydrogen) atoms. The number of carbonyl (C=O) groups is 3. The molecule has 1 aromatic carbocycles. The fraction of sp³-hybridized carbons (Fsp3) is 0.480. The average molecular weight is 470 g/mol. The number of carbonyl (C=O) groups excluding carboxylic acids is 3. The smallest absolute Gasteiger partial charge is 0.309 e. The molecule has 180 valence electrons. The van der Waals surface area contributed by atoms with Crippen LogP contribution in [0.5, 0.6) is 0 Å².